The van der Waals surface area contributed by atoms with Crippen molar-refractivity contribution in [2.75, 3.05) is 19.0 Å². The Hall–Kier alpha value is -2.94. The van der Waals surface area contributed by atoms with Gasteiger partial charge in [-0.25, -0.2) is 4.98 Å². The van der Waals surface area contributed by atoms with Crippen molar-refractivity contribution in [1.29, 1.82) is 0 Å². The van der Waals surface area contributed by atoms with Crippen molar-refractivity contribution >= 4 is 23.3 Å². The number of aryl methyl sites for hydroxylation is 1. The van der Waals surface area contributed by atoms with Gasteiger partial charge in [0.1, 0.15) is 17.2 Å². The fourth-order valence-electron chi connectivity index (χ4n) is 1.83. The molecule has 9 heteroatoms. The number of ether oxygens (including phenoxy) is 2. The molecule has 2 aromatic heterocycles. The SMILES string of the molecule is COc1cccc(OCC(=O)Nc2nnc(-c3csc(C)n3)o2)c1. The Balaban J connectivity index is 1.56. The highest BCUT2D eigenvalue weighted by Crippen LogP contribution is 2.22. The maximum absolute atomic E-state index is 11.9. The first-order valence-electron chi connectivity index (χ1n) is 6.97. The van der Waals surface area contributed by atoms with Crippen LogP contribution in [0.2, 0.25) is 0 Å². The largest absolute Gasteiger partial charge is 0.497 e. The Bertz CT molecular complexity index is 845. The number of hydrogen-bond acceptors (Lipinski definition) is 8. The van der Waals surface area contributed by atoms with E-state index in [0.29, 0.717) is 17.2 Å². The Labute approximate surface area is 141 Å². The molecule has 0 aliphatic heterocycles. The van der Waals surface area contributed by atoms with E-state index in [-0.39, 0.29) is 18.5 Å². The van der Waals surface area contributed by atoms with Crippen LogP contribution in [0.1, 0.15) is 5.01 Å². The number of amides is 1. The number of thiazole rings is 1. The van der Waals surface area contributed by atoms with E-state index >= 15 is 0 Å². The zero-order valence-corrected chi connectivity index (χ0v) is 13.8. The van der Waals surface area contributed by atoms with Gasteiger partial charge in [0.25, 0.3) is 11.8 Å². The van der Waals surface area contributed by atoms with E-state index in [0.717, 1.165) is 5.01 Å². The maximum Gasteiger partial charge on any atom is 0.322 e. The number of aromatic nitrogens is 3. The van der Waals surface area contributed by atoms with Crippen molar-refractivity contribution in [2.45, 2.75) is 6.92 Å². The quantitative estimate of drug-likeness (QED) is 0.732. The summed E-state index contributed by atoms with van der Waals surface area (Å²) in [6.45, 7) is 1.68. The van der Waals surface area contributed by atoms with Crippen LogP contribution < -0.4 is 14.8 Å². The van der Waals surface area contributed by atoms with Gasteiger partial charge in [-0.15, -0.1) is 16.4 Å². The highest BCUT2D eigenvalue weighted by Gasteiger charge is 2.13. The topological polar surface area (TPSA) is 99.4 Å². The van der Waals surface area contributed by atoms with Crippen LogP contribution in [0, 0.1) is 6.92 Å². The first-order chi connectivity index (χ1) is 11.6. The van der Waals surface area contributed by atoms with Crippen LogP contribution in [-0.4, -0.2) is 34.8 Å². The highest BCUT2D eigenvalue weighted by atomic mass is 32.1. The molecule has 3 aromatic rings. The number of carbonyl (C=O) groups excluding carboxylic acids is 1. The number of hydrogen-bond donors (Lipinski definition) is 1. The van der Waals surface area contributed by atoms with Crippen molar-refractivity contribution in [1.82, 2.24) is 15.2 Å². The summed E-state index contributed by atoms with van der Waals surface area (Å²) in [6.07, 6.45) is 0. The van der Waals surface area contributed by atoms with E-state index in [2.05, 4.69) is 20.5 Å². The van der Waals surface area contributed by atoms with Gasteiger partial charge < -0.3 is 13.9 Å². The van der Waals surface area contributed by atoms with Gasteiger partial charge in [-0.1, -0.05) is 11.2 Å². The number of methoxy groups -OCH3 is 1. The normalized spacial score (nSPS) is 10.4. The second-order valence-electron chi connectivity index (χ2n) is 4.68. The van der Waals surface area contributed by atoms with E-state index < -0.39 is 5.91 Å². The van der Waals surface area contributed by atoms with Crippen molar-refractivity contribution in [3.8, 4) is 23.1 Å². The third-order valence-corrected chi connectivity index (χ3v) is 3.69. The lowest BCUT2D eigenvalue weighted by Crippen LogP contribution is -2.20. The monoisotopic (exact) mass is 346 g/mol. The summed E-state index contributed by atoms with van der Waals surface area (Å²) < 4.78 is 15.8. The Morgan fingerprint density at radius 1 is 1.33 bits per heavy atom. The summed E-state index contributed by atoms with van der Waals surface area (Å²) >= 11 is 1.47. The van der Waals surface area contributed by atoms with Crippen molar-refractivity contribution in [2.24, 2.45) is 0 Å². The molecule has 124 valence electrons. The first kappa shape index (κ1) is 15.9. The zero-order chi connectivity index (χ0) is 16.9. The molecule has 3 rings (SSSR count). The van der Waals surface area contributed by atoms with Crippen LogP contribution in [0.15, 0.2) is 34.1 Å². The molecule has 0 unspecified atom stereocenters. The molecule has 1 N–H and O–H groups in total. The molecular weight excluding hydrogens is 332 g/mol. The number of nitrogens with one attached hydrogen (secondary N) is 1. The predicted octanol–water partition coefficient (Wildman–Crippen LogP) is 2.53. The van der Waals surface area contributed by atoms with Gasteiger partial charge in [-0.3, -0.25) is 10.1 Å². The number of carbonyl (C=O) groups is 1. The minimum atomic E-state index is -0.414. The number of rotatable bonds is 6. The molecule has 24 heavy (non-hydrogen) atoms. The molecule has 0 radical (unpaired) electrons. The minimum Gasteiger partial charge on any atom is -0.497 e. The van der Waals surface area contributed by atoms with E-state index in [1.807, 2.05) is 6.92 Å². The summed E-state index contributed by atoms with van der Waals surface area (Å²) in [6, 6.07) is 6.96. The summed E-state index contributed by atoms with van der Waals surface area (Å²) in [5.74, 6) is 1.01. The van der Waals surface area contributed by atoms with Crippen LogP contribution in [0.4, 0.5) is 6.01 Å². The van der Waals surface area contributed by atoms with Gasteiger partial charge in [-0.2, -0.15) is 0 Å². The van der Waals surface area contributed by atoms with Gasteiger partial charge in [0.15, 0.2) is 6.61 Å². The molecule has 8 nitrogen and oxygen atoms in total. The minimum absolute atomic E-state index is 0.00473. The average Bonchev–Trinajstić information content (AvgIpc) is 3.22. The van der Waals surface area contributed by atoms with Crippen LogP contribution in [-0.2, 0) is 4.79 Å². The van der Waals surface area contributed by atoms with E-state index in [9.17, 15) is 4.79 Å². The second kappa shape index (κ2) is 7.09. The molecule has 0 bridgehead atoms. The zero-order valence-electron chi connectivity index (χ0n) is 13.0. The predicted molar refractivity (Wildman–Crippen MR) is 87.3 cm³/mol. The molecule has 0 fully saturated rings. The van der Waals surface area contributed by atoms with E-state index in [4.69, 9.17) is 13.9 Å². The van der Waals surface area contributed by atoms with Crippen LogP contribution in [0.25, 0.3) is 11.6 Å². The molecule has 0 spiro atoms. The molecule has 0 saturated carbocycles. The van der Waals surface area contributed by atoms with Gasteiger partial charge in [-0.05, 0) is 19.1 Å². The lowest BCUT2D eigenvalue weighted by atomic mass is 10.3. The first-order valence-corrected chi connectivity index (χ1v) is 7.85. The van der Waals surface area contributed by atoms with Gasteiger partial charge in [0, 0.05) is 11.4 Å². The fourth-order valence-corrected chi connectivity index (χ4v) is 2.42. The molecule has 0 atom stereocenters. The van der Waals surface area contributed by atoms with Crippen molar-refractivity contribution < 1.29 is 18.7 Å². The number of anilines is 1. The second-order valence-corrected chi connectivity index (χ2v) is 5.74. The van der Waals surface area contributed by atoms with Crippen molar-refractivity contribution in [3.63, 3.8) is 0 Å². The number of nitrogens with zero attached hydrogens (tertiary/aromatic N) is 3. The highest BCUT2D eigenvalue weighted by molar-refractivity contribution is 7.09. The third-order valence-electron chi connectivity index (χ3n) is 2.92. The lowest BCUT2D eigenvalue weighted by molar-refractivity contribution is -0.118. The maximum atomic E-state index is 11.9. The smallest absolute Gasteiger partial charge is 0.322 e. The molecule has 0 aliphatic carbocycles. The summed E-state index contributed by atoms with van der Waals surface area (Å²) in [7, 11) is 1.56. The summed E-state index contributed by atoms with van der Waals surface area (Å²) in [5.41, 5.74) is 0.582. The molecule has 1 aromatic carbocycles. The van der Waals surface area contributed by atoms with Gasteiger partial charge in [0.2, 0.25) is 0 Å². The van der Waals surface area contributed by atoms with E-state index in [1.54, 1.807) is 36.8 Å². The standard InChI is InChI=1S/C15H14N4O4S/c1-9-16-12(8-24-9)14-18-19-15(23-14)17-13(20)7-22-11-5-3-4-10(6-11)21-2/h3-6,8H,7H2,1-2H3,(H,17,19,20). The Kier molecular flexibility index (Phi) is 4.71. The number of benzene rings is 1. The lowest BCUT2D eigenvalue weighted by Gasteiger charge is -2.06. The van der Waals surface area contributed by atoms with Crippen LogP contribution in [0.5, 0.6) is 11.5 Å². The summed E-state index contributed by atoms with van der Waals surface area (Å²) in [5, 5.41) is 12.8. The molecule has 2 heterocycles. The third kappa shape index (κ3) is 3.87. The molecular formula is C15H14N4O4S. The molecule has 1 amide bonds. The van der Waals surface area contributed by atoms with E-state index in [1.165, 1.54) is 11.3 Å². The van der Waals surface area contributed by atoms with Crippen molar-refractivity contribution in [3.05, 3.63) is 34.7 Å². The Morgan fingerprint density at radius 3 is 2.92 bits per heavy atom. The Morgan fingerprint density at radius 2 is 2.17 bits per heavy atom. The van der Waals surface area contributed by atoms with Crippen LogP contribution in [0.3, 0.4) is 0 Å². The fraction of sp³-hybridized carbons (Fsp3) is 0.200. The molecule has 0 saturated heterocycles. The van der Waals surface area contributed by atoms with Gasteiger partial charge >= 0.3 is 6.01 Å². The molecule has 0 aliphatic rings. The average molecular weight is 346 g/mol. The van der Waals surface area contributed by atoms with Gasteiger partial charge in [0.05, 0.1) is 12.1 Å². The van der Waals surface area contributed by atoms with Crippen LogP contribution >= 0.6 is 11.3 Å². The summed E-state index contributed by atoms with van der Waals surface area (Å²) in [4.78, 5) is 16.1.